The lowest BCUT2D eigenvalue weighted by Crippen LogP contribution is -2.46. The van der Waals surface area contributed by atoms with Crippen LogP contribution in [-0.2, 0) is 16.0 Å². The van der Waals surface area contributed by atoms with Gasteiger partial charge in [-0.25, -0.2) is 4.79 Å². The van der Waals surface area contributed by atoms with E-state index in [2.05, 4.69) is 0 Å². The number of nitrogens with zero attached hydrogens (tertiary/aromatic N) is 2. The first kappa shape index (κ1) is 17.3. The van der Waals surface area contributed by atoms with Gasteiger partial charge in [-0.15, -0.1) is 0 Å². The molecule has 1 atom stereocenters. The Bertz CT molecular complexity index is 871. The molecule has 2 amide bonds. The number of hydrogen-bond donors (Lipinski definition) is 0. The molecule has 0 unspecified atom stereocenters. The number of non-ortho nitro benzene ring substituents is 1. The van der Waals surface area contributed by atoms with Crippen molar-refractivity contribution in [2.45, 2.75) is 12.5 Å². The van der Waals surface area contributed by atoms with E-state index in [9.17, 15) is 24.5 Å². The van der Waals surface area contributed by atoms with Crippen molar-refractivity contribution < 1.29 is 24.0 Å². The maximum absolute atomic E-state index is 12.6. The highest BCUT2D eigenvalue weighted by molar-refractivity contribution is 6.22. The Morgan fingerprint density at radius 1 is 1.08 bits per heavy atom. The molecule has 0 aromatic heterocycles. The van der Waals surface area contributed by atoms with Crippen LogP contribution in [-0.4, -0.2) is 40.8 Å². The fraction of sp³-hybridized carbons (Fsp3) is 0.167. The number of carbonyl (C=O) groups excluding carboxylic acids is 3. The van der Waals surface area contributed by atoms with Crippen LogP contribution in [0.15, 0.2) is 48.5 Å². The van der Waals surface area contributed by atoms with Gasteiger partial charge in [-0.05, 0) is 17.7 Å². The first-order valence-electron chi connectivity index (χ1n) is 7.72. The Hall–Kier alpha value is -3.55. The number of rotatable bonds is 5. The Balaban J connectivity index is 1.92. The number of carbonyl (C=O) groups is 3. The van der Waals surface area contributed by atoms with E-state index >= 15 is 0 Å². The lowest BCUT2D eigenvalue weighted by molar-refractivity contribution is -0.384. The third kappa shape index (κ3) is 2.92. The van der Waals surface area contributed by atoms with Gasteiger partial charge in [0.05, 0.1) is 23.2 Å². The van der Waals surface area contributed by atoms with Crippen molar-refractivity contribution in [3.8, 4) is 0 Å². The summed E-state index contributed by atoms with van der Waals surface area (Å²) in [6.45, 7) is 0. The van der Waals surface area contributed by atoms with E-state index in [1.165, 1.54) is 43.5 Å². The predicted molar refractivity (Wildman–Crippen MR) is 89.5 cm³/mol. The Labute approximate surface area is 148 Å². The minimum absolute atomic E-state index is 0.00383. The van der Waals surface area contributed by atoms with Crippen LogP contribution in [0.5, 0.6) is 0 Å². The van der Waals surface area contributed by atoms with Crippen molar-refractivity contribution in [1.29, 1.82) is 0 Å². The highest BCUT2D eigenvalue weighted by Crippen LogP contribution is 2.26. The number of ether oxygens (including phenoxy) is 1. The maximum Gasteiger partial charge on any atom is 0.329 e. The molecule has 0 saturated carbocycles. The number of hydrogen-bond acceptors (Lipinski definition) is 6. The molecule has 0 N–H and O–H groups in total. The summed E-state index contributed by atoms with van der Waals surface area (Å²) in [7, 11) is 1.17. The van der Waals surface area contributed by atoms with Crippen LogP contribution in [0.4, 0.5) is 5.69 Å². The zero-order valence-corrected chi connectivity index (χ0v) is 13.7. The quantitative estimate of drug-likeness (QED) is 0.352. The molecule has 1 aliphatic rings. The number of nitro groups is 1. The fourth-order valence-electron chi connectivity index (χ4n) is 2.88. The summed E-state index contributed by atoms with van der Waals surface area (Å²) < 4.78 is 4.76. The molecule has 2 aromatic rings. The van der Waals surface area contributed by atoms with E-state index in [0.29, 0.717) is 5.56 Å². The minimum atomic E-state index is -1.16. The van der Waals surface area contributed by atoms with E-state index in [-0.39, 0.29) is 23.2 Å². The molecule has 0 bridgehead atoms. The lowest BCUT2D eigenvalue weighted by atomic mass is 10.0. The van der Waals surface area contributed by atoms with Crippen LogP contribution >= 0.6 is 0 Å². The average molecular weight is 354 g/mol. The fourth-order valence-corrected chi connectivity index (χ4v) is 2.88. The molecular weight excluding hydrogens is 340 g/mol. The summed E-state index contributed by atoms with van der Waals surface area (Å²) in [4.78, 5) is 48.6. The second-order valence-corrected chi connectivity index (χ2v) is 5.69. The van der Waals surface area contributed by atoms with Crippen LogP contribution in [0.2, 0.25) is 0 Å². The smallest absolute Gasteiger partial charge is 0.329 e. The lowest BCUT2D eigenvalue weighted by Gasteiger charge is -2.24. The van der Waals surface area contributed by atoms with Crippen LogP contribution < -0.4 is 0 Å². The standard InChI is InChI=1S/C18H14N2O6/c1-26-18(23)15(10-11-6-8-12(9-7-11)20(24)25)19-16(21)13-4-2-3-5-14(13)17(19)22/h2-9,15H,10H2,1H3/t15-/m1/s1. The molecule has 0 aliphatic carbocycles. The van der Waals surface area contributed by atoms with E-state index in [1.54, 1.807) is 12.1 Å². The molecule has 0 fully saturated rings. The number of amides is 2. The topological polar surface area (TPSA) is 107 Å². The second kappa shape index (κ2) is 6.75. The van der Waals surface area contributed by atoms with Gasteiger partial charge in [0.15, 0.2) is 0 Å². The maximum atomic E-state index is 12.6. The number of nitro benzene ring substituents is 1. The molecule has 1 heterocycles. The number of fused-ring (bicyclic) bond motifs is 1. The zero-order valence-electron chi connectivity index (χ0n) is 13.7. The summed E-state index contributed by atoms with van der Waals surface area (Å²) in [6.07, 6.45) is -0.00383. The number of benzene rings is 2. The molecule has 0 spiro atoms. The van der Waals surface area contributed by atoms with E-state index in [1.807, 2.05) is 0 Å². The Morgan fingerprint density at radius 3 is 2.08 bits per heavy atom. The van der Waals surface area contributed by atoms with E-state index in [0.717, 1.165) is 4.90 Å². The van der Waals surface area contributed by atoms with Gasteiger partial charge in [-0.2, -0.15) is 0 Å². The first-order valence-corrected chi connectivity index (χ1v) is 7.72. The monoisotopic (exact) mass is 354 g/mol. The summed E-state index contributed by atoms with van der Waals surface area (Å²) in [5.41, 5.74) is 0.928. The summed E-state index contributed by atoms with van der Waals surface area (Å²) in [6, 6.07) is 10.7. The van der Waals surface area contributed by atoms with Crippen LogP contribution in [0.3, 0.4) is 0 Å². The average Bonchev–Trinajstić information content (AvgIpc) is 2.91. The molecule has 3 rings (SSSR count). The minimum Gasteiger partial charge on any atom is -0.467 e. The molecule has 8 heteroatoms. The van der Waals surface area contributed by atoms with E-state index in [4.69, 9.17) is 4.74 Å². The van der Waals surface area contributed by atoms with Gasteiger partial charge in [0, 0.05) is 18.6 Å². The van der Waals surface area contributed by atoms with Gasteiger partial charge in [0.1, 0.15) is 6.04 Å². The normalized spacial score (nSPS) is 14.1. The van der Waals surface area contributed by atoms with Crippen LogP contribution in [0.25, 0.3) is 0 Å². The highest BCUT2D eigenvalue weighted by atomic mass is 16.6. The summed E-state index contributed by atoms with van der Waals surface area (Å²) >= 11 is 0. The number of imide groups is 1. The summed E-state index contributed by atoms with van der Waals surface area (Å²) in [5.74, 6) is -1.87. The molecule has 0 radical (unpaired) electrons. The molecular formula is C18H14N2O6. The number of methoxy groups -OCH3 is 1. The molecule has 2 aromatic carbocycles. The molecule has 0 saturated heterocycles. The Kier molecular flexibility index (Phi) is 4.49. The number of esters is 1. The van der Waals surface area contributed by atoms with Crippen molar-refractivity contribution in [2.75, 3.05) is 7.11 Å². The van der Waals surface area contributed by atoms with Gasteiger partial charge in [0.25, 0.3) is 17.5 Å². The molecule has 26 heavy (non-hydrogen) atoms. The predicted octanol–water partition coefficient (Wildman–Crippen LogP) is 1.98. The molecule has 8 nitrogen and oxygen atoms in total. The van der Waals surface area contributed by atoms with E-state index < -0.39 is 28.7 Å². The van der Waals surface area contributed by atoms with Gasteiger partial charge in [-0.3, -0.25) is 24.6 Å². The third-order valence-corrected chi connectivity index (χ3v) is 4.19. The first-order chi connectivity index (χ1) is 12.4. The van der Waals surface area contributed by atoms with Gasteiger partial charge in [-0.1, -0.05) is 24.3 Å². The van der Waals surface area contributed by atoms with Crippen molar-refractivity contribution >= 4 is 23.5 Å². The van der Waals surface area contributed by atoms with Gasteiger partial charge < -0.3 is 4.74 Å². The second-order valence-electron chi connectivity index (χ2n) is 5.69. The van der Waals surface area contributed by atoms with Crippen LogP contribution in [0.1, 0.15) is 26.3 Å². The Morgan fingerprint density at radius 2 is 1.62 bits per heavy atom. The van der Waals surface area contributed by atoms with Gasteiger partial charge >= 0.3 is 5.97 Å². The molecule has 132 valence electrons. The van der Waals surface area contributed by atoms with Crippen molar-refractivity contribution in [2.24, 2.45) is 0 Å². The summed E-state index contributed by atoms with van der Waals surface area (Å²) in [5, 5.41) is 10.7. The highest BCUT2D eigenvalue weighted by Gasteiger charge is 2.43. The molecule has 1 aliphatic heterocycles. The van der Waals surface area contributed by atoms with Crippen molar-refractivity contribution in [3.63, 3.8) is 0 Å². The zero-order chi connectivity index (χ0) is 18.8. The third-order valence-electron chi connectivity index (χ3n) is 4.19. The largest absolute Gasteiger partial charge is 0.467 e. The SMILES string of the molecule is COC(=O)[C@@H](Cc1ccc([N+](=O)[O-])cc1)N1C(=O)c2ccccc2C1=O. The van der Waals surface area contributed by atoms with Crippen molar-refractivity contribution in [1.82, 2.24) is 4.90 Å². The van der Waals surface area contributed by atoms with Gasteiger partial charge in [0.2, 0.25) is 0 Å². The van der Waals surface area contributed by atoms with Crippen LogP contribution in [0, 0.1) is 10.1 Å². The van der Waals surface area contributed by atoms with Crippen molar-refractivity contribution in [3.05, 3.63) is 75.3 Å².